The molecule has 0 aromatic rings. The average Bonchev–Trinajstić information content (AvgIpc) is 3.38. The van der Waals surface area contributed by atoms with E-state index >= 15 is 0 Å². The normalized spacial score (nSPS) is 38.5. The number of aliphatic hydroxyl groups excluding tert-OH is 1. The number of nitrogens with zero attached hydrogens (tertiary/aromatic N) is 1. The zero-order valence-corrected chi connectivity index (χ0v) is 21.6. The van der Waals surface area contributed by atoms with Crippen molar-refractivity contribution < 1.29 is 19.5 Å². The van der Waals surface area contributed by atoms with E-state index in [2.05, 4.69) is 26.6 Å². The molecule has 0 radical (unpaired) electrons. The number of amides is 3. The summed E-state index contributed by atoms with van der Waals surface area (Å²) in [5, 5.41) is 16.3. The molecule has 3 aliphatic heterocycles. The molecule has 3 heterocycles. The highest BCUT2D eigenvalue weighted by molar-refractivity contribution is 9.09. The quantitative estimate of drug-likeness (QED) is 0.438. The van der Waals surface area contributed by atoms with Gasteiger partial charge >= 0.3 is 0 Å². The third-order valence-electron chi connectivity index (χ3n) is 8.32. The molecule has 7 nitrogen and oxygen atoms in total. The number of alkyl halides is 1. The molecule has 8 atom stereocenters. The molecule has 4 aliphatic rings. The first-order chi connectivity index (χ1) is 15.3. The highest BCUT2D eigenvalue weighted by Crippen LogP contribution is 2.68. The van der Waals surface area contributed by atoms with Crippen LogP contribution in [0.5, 0.6) is 0 Å². The molecule has 4 fully saturated rings. The fraction of sp³-hybridized carbons (Fsp3) is 0.870. The van der Waals surface area contributed by atoms with Gasteiger partial charge in [-0.1, -0.05) is 55.5 Å². The van der Waals surface area contributed by atoms with Crippen LogP contribution in [0.15, 0.2) is 0 Å². The van der Waals surface area contributed by atoms with E-state index in [-0.39, 0.29) is 46.4 Å². The van der Waals surface area contributed by atoms with Gasteiger partial charge in [0.05, 0.1) is 29.2 Å². The van der Waals surface area contributed by atoms with Gasteiger partial charge in [-0.15, -0.1) is 11.8 Å². The van der Waals surface area contributed by atoms with Gasteiger partial charge in [0.25, 0.3) is 0 Å². The molecule has 1 saturated carbocycles. The summed E-state index contributed by atoms with van der Waals surface area (Å²) in [6.45, 7) is 3.86. The van der Waals surface area contributed by atoms with Gasteiger partial charge in [0, 0.05) is 23.2 Å². The summed E-state index contributed by atoms with van der Waals surface area (Å²) < 4.78 is -0.646. The smallest absolute Gasteiger partial charge is 0.244 e. The molecule has 2 bridgehead atoms. The van der Waals surface area contributed by atoms with E-state index in [1.54, 1.807) is 23.7 Å². The van der Waals surface area contributed by atoms with E-state index < -0.39 is 28.7 Å². The second kappa shape index (κ2) is 9.45. The van der Waals surface area contributed by atoms with Gasteiger partial charge in [-0.2, -0.15) is 0 Å². The minimum absolute atomic E-state index is 0.0350. The van der Waals surface area contributed by atoms with Crippen molar-refractivity contribution in [3.8, 4) is 0 Å². The van der Waals surface area contributed by atoms with E-state index in [0.29, 0.717) is 6.42 Å². The van der Waals surface area contributed by atoms with Crippen LogP contribution in [0.4, 0.5) is 0 Å². The zero-order valence-electron chi connectivity index (χ0n) is 19.2. The van der Waals surface area contributed by atoms with Crippen LogP contribution in [0.1, 0.15) is 58.8 Å². The van der Waals surface area contributed by atoms with Crippen molar-refractivity contribution >= 4 is 45.4 Å². The molecule has 0 aromatic carbocycles. The lowest BCUT2D eigenvalue weighted by molar-refractivity contribution is -0.144. The van der Waals surface area contributed by atoms with Crippen molar-refractivity contribution in [3.63, 3.8) is 0 Å². The second-order valence-corrected chi connectivity index (χ2v) is 12.7. The number of halogens is 1. The number of likely N-dealkylation sites (tertiary alicyclic amines) is 1. The molecule has 3 saturated heterocycles. The number of fused-ring (bicyclic) bond motifs is 1. The van der Waals surface area contributed by atoms with E-state index in [1.165, 1.54) is 6.42 Å². The van der Waals surface area contributed by atoms with Gasteiger partial charge in [0.15, 0.2) is 0 Å². The van der Waals surface area contributed by atoms with Crippen molar-refractivity contribution in [2.24, 2.45) is 17.8 Å². The van der Waals surface area contributed by atoms with Gasteiger partial charge < -0.3 is 20.6 Å². The number of hydrogen-bond donors (Lipinski definition) is 3. The number of thioether (sulfide) groups is 1. The summed E-state index contributed by atoms with van der Waals surface area (Å²) in [5.74, 6) is -1.35. The Kier molecular flexibility index (Phi) is 7.18. The van der Waals surface area contributed by atoms with E-state index in [9.17, 15) is 19.5 Å². The highest BCUT2D eigenvalue weighted by Gasteiger charge is 2.76. The monoisotopic (exact) mass is 529 g/mol. The Labute approximate surface area is 203 Å². The maximum Gasteiger partial charge on any atom is 0.244 e. The SMILES string of the molecule is CC[C@H](C)[C@H](CO)N1C(=O)[C@@H]2[C@H](C(=O)NC)[C@H]3SC2(CC3Br)C1C(=O)NC1CCCCC1. The number of hydrogen-bond acceptors (Lipinski definition) is 5. The summed E-state index contributed by atoms with van der Waals surface area (Å²) in [7, 11) is 1.61. The lowest BCUT2D eigenvalue weighted by Crippen LogP contribution is -2.59. The van der Waals surface area contributed by atoms with Crippen LogP contribution < -0.4 is 10.6 Å². The molecule has 0 aromatic heterocycles. The summed E-state index contributed by atoms with van der Waals surface area (Å²) in [6.07, 6.45) is 6.81. The summed E-state index contributed by atoms with van der Waals surface area (Å²) >= 11 is 5.41. The van der Waals surface area contributed by atoms with Gasteiger partial charge in [-0.05, 0) is 25.2 Å². The van der Waals surface area contributed by atoms with E-state index in [1.807, 2.05) is 13.8 Å². The van der Waals surface area contributed by atoms with Gasteiger partial charge in [-0.3, -0.25) is 14.4 Å². The van der Waals surface area contributed by atoms with Crippen LogP contribution in [0, 0.1) is 17.8 Å². The summed E-state index contributed by atoms with van der Waals surface area (Å²) in [4.78, 5) is 42.5. The Hall–Kier alpha value is -0.800. The van der Waals surface area contributed by atoms with Crippen LogP contribution >= 0.6 is 27.7 Å². The number of carbonyl (C=O) groups excluding carboxylic acids is 3. The average molecular weight is 531 g/mol. The topological polar surface area (TPSA) is 98.7 Å². The van der Waals surface area contributed by atoms with Crippen molar-refractivity contribution in [2.75, 3.05) is 13.7 Å². The maximum absolute atomic E-state index is 14.0. The standard InChI is InChI=1S/C23H36BrN3O4S/c1-4-12(2)15(11-28)27-19(21(30)26-13-8-6-5-7-9-13)23-10-14(24)18(32-23)16(20(29)25-3)17(23)22(27)31/h12-19,28H,4-11H2,1-3H3,(H,25,29)(H,26,30)/t12-,14?,15-,16-,17-,18-,19?,23?/m0/s1. The van der Waals surface area contributed by atoms with Crippen molar-refractivity contribution in [3.05, 3.63) is 0 Å². The third-order valence-corrected chi connectivity index (χ3v) is 11.5. The molecular weight excluding hydrogens is 494 g/mol. The zero-order chi connectivity index (χ0) is 23.2. The first-order valence-corrected chi connectivity index (χ1v) is 13.9. The predicted octanol–water partition coefficient (Wildman–Crippen LogP) is 2.05. The Morgan fingerprint density at radius 3 is 2.56 bits per heavy atom. The molecule has 3 N–H and O–H groups in total. The van der Waals surface area contributed by atoms with Crippen LogP contribution in [0.3, 0.4) is 0 Å². The number of nitrogens with one attached hydrogen (secondary N) is 2. The predicted molar refractivity (Wildman–Crippen MR) is 128 cm³/mol. The van der Waals surface area contributed by atoms with E-state index in [0.717, 1.165) is 32.1 Å². The second-order valence-electron chi connectivity index (χ2n) is 10.0. The molecule has 180 valence electrons. The highest BCUT2D eigenvalue weighted by atomic mass is 79.9. The fourth-order valence-electron chi connectivity index (χ4n) is 6.53. The molecule has 1 spiro atoms. The Bertz CT molecular complexity index is 764. The first kappa shape index (κ1) is 24.3. The van der Waals surface area contributed by atoms with Gasteiger partial charge in [0.1, 0.15) is 6.04 Å². The summed E-state index contributed by atoms with van der Waals surface area (Å²) in [5.41, 5.74) is 0. The minimum Gasteiger partial charge on any atom is -0.394 e. The van der Waals surface area contributed by atoms with Crippen molar-refractivity contribution in [1.29, 1.82) is 0 Å². The molecule has 9 heteroatoms. The largest absolute Gasteiger partial charge is 0.394 e. The Morgan fingerprint density at radius 2 is 1.97 bits per heavy atom. The molecule has 3 unspecified atom stereocenters. The van der Waals surface area contributed by atoms with Gasteiger partial charge in [0.2, 0.25) is 17.7 Å². The molecule has 4 rings (SSSR count). The van der Waals surface area contributed by atoms with Crippen LogP contribution in [-0.4, -0.2) is 74.3 Å². The van der Waals surface area contributed by atoms with Crippen molar-refractivity contribution in [1.82, 2.24) is 15.5 Å². The van der Waals surface area contributed by atoms with Crippen molar-refractivity contribution in [2.45, 2.75) is 91.7 Å². The number of carbonyl (C=O) groups is 3. The van der Waals surface area contributed by atoms with Crippen LogP contribution in [0.25, 0.3) is 0 Å². The summed E-state index contributed by atoms with van der Waals surface area (Å²) in [6, 6.07) is -0.968. The lowest BCUT2D eigenvalue weighted by atomic mass is 9.70. The first-order valence-electron chi connectivity index (χ1n) is 12.1. The van der Waals surface area contributed by atoms with E-state index in [4.69, 9.17) is 0 Å². The molecule has 32 heavy (non-hydrogen) atoms. The number of rotatable bonds is 7. The molecule has 3 amide bonds. The maximum atomic E-state index is 14.0. The molecule has 1 aliphatic carbocycles. The Morgan fingerprint density at radius 1 is 1.28 bits per heavy atom. The number of aliphatic hydroxyl groups is 1. The van der Waals surface area contributed by atoms with Gasteiger partial charge in [-0.25, -0.2) is 0 Å². The minimum atomic E-state index is -0.669. The lowest BCUT2D eigenvalue weighted by Gasteiger charge is -2.40. The molecular formula is C23H36BrN3O4S. The third kappa shape index (κ3) is 3.70. The van der Waals surface area contributed by atoms with Crippen LogP contribution in [0.2, 0.25) is 0 Å². The van der Waals surface area contributed by atoms with Crippen LogP contribution in [-0.2, 0) is 14.4 Å². The fourth-order valence-corrected chi connectivity index (χ4v) is 10.1. The Balaban J connectivity index is 1.74.